The van der Waals surface area contributed by atoms with Gasteiger partial charge in [0.15, 0.2) is 17.3 Å². The molecule has 2 aromatic heterocycles. The zero-order chi connectivity index (χ0) is 17.4. The van der Waals surface area contributed by atoms with Gasteiger partial charge in [-0.2, -0.15) is 4.52 Å². The van der Waals surface area contributed by atoms with Gasteiger partial charge in [-0.05, 0) is 29.3 Å². The summed E-state index contributed by atoms with van der Waals surface area (Å²) in [6.45, 7) is 0. The second kappa shape index (κ2) is 6.10. The van der Waals surface area contributed by atoms with Crippen molar-refractivity contribution in [2.45, 2.75) is 0 Å². The van der Waals surface area contributed by atoms with Crippen molar-refractivity contribution in [2.75, 3.05) is 0 Å². The fraction of sp³-hybridized carbons (Fsp3) is 0. The summed E-state index contributed by atoms with van der Waals surface area (Å²) in [4.78, 5) is 0. The molecule has 2 aromatic carbocycles. The van der Waals surface area contributed by atoms with Crippen molar-refractivity contribution in [3.05, 3.63) is 71.5 Å². The highest BCUT2D eigenvalue weighted by Gasteiger charge is 2.15. The quantitative estimate of drug-likeness (QED) is 0.540. The Kier molecular flexibility index (Phi) is 3.77. The topological polar surface area (TPSA) is 52.3 Å². The number of hydrogen-bond donors (Lipinski definition) is 0. The molecule has 124 valence electrons. The van der Waals surface area contributed by atoms with Crippen LogP contribution in [-0.2, 0) is 0 Å². The van der Waals surface area contributed by atoms with E-state index in [1.165, 1.54) is 10.6 Å². The first-order chi connectivity index (χ1) is 12.1. The molecular weight excluding hydrogens is 350 g/mol. The van der Waals surface area contributed by atoms with Crippen LogP contribution in [0.3, 0.4) is 0 Å². The van der Waals surface area contributed by atoms with Crippen molar-refractivity contribution in [2.24, 2.45) is 0 Å². The number of benzene rings is 2. The first-order valence-electron chi connectivity index (χ1n) is 7.22. The summed E-state index contributed by atoms with van der Waals surface area (Å²) in [5.74, 6) is -1.71. The summed E-state index contributed by atoms with van der Waals surface area (Å²) in [5, 5.41) is 11.7. The number of fused-ring (bicyclic) bond motifs is 1. The minimum absolute atomic E-state index is 0.0639. The molecule has 0 bridgehead atoms. The Bertz CT molecular complexity index is 1070. The summed E-state index contributed by atoms with van der Waals surface area (Å²) in [5.41, 5.74) is 1.52. The van der Waals surface area contributed by atoms with E-state index in [-0.39, 0.29) is 16.9 Å². The van der Waals surface area contributed by atoms with E-state index in [2.05, 4.69) is 15.3 Å². The van der Waals surface area contributed by atoms with E-state index < -0.39 is 11.6 Å². The van der Waals surface area contributed by atoms with Crippen LogP contribution < -0.4 is 4.74 Å². The van der Waals surface area contributed by atoms with Gasteiger partial charge in [0.25, 0.3) is 0 Å². The number of aromatic nitrogens is 4. The Hall–Kier alpha value is -3.06. The lowest BCUT2D eigenvalue weighted by Crippen LogP contribution is -1.98. The van der Waals surface area contributed by atoms with Gasteiger partial charge in [-0.25, -0.2) is 8.78 Å². The van der Waals surface area contributed by atoms with Gasteiger partial charge >= 0.3 is 0 Å². The monoisotopic (exact) mass is 358 g/mol. The van der Waals surface area contributed by atoms with Crippen molar-refractivity contribution >= 4 is 17.2 Å². The predicted molar refractivity (Wildman–Crippen MR) is 87.7 cm³/mol. The van der Waals surface area contributed by atoms with Gasteiger partial charge in [-0.15, -0.1) is 15.3 Å². The number of ether oxygens (including phenoxy) is 1. The van der Waals surface area contributed by atoms with Crippen LogP contribution in [0.25, 0.3) is 16.8 Å². The van der Waals surface area contributed by atoms with Crippen molar-refractivity contribution in [3.8, 4) is 22.8 Å². The van der Waals surface area contributed by atoms with Crippen LogP contribution in [-0.4, -0.2) is 19.8 Å². The lowest BCUT2D eigenvalue weighted by atomic mass is 10.0. The van der Waals surface area contributed by atoms with Crippen LogP contribution in [0.2, 0.25) is 5.28 Å². The summed E-state index contributed by atoms with van der Waals surface area (Å²) in [6, 6.07) is 14.2. The van der Waals surface area contributed by atoms with Gasteiger partial charge in [0, 0.05) is 17.7 Å². The van der Waals surface area contributed by atoms with Gasteiger partial charge in [0.1, 0.15) is 5.75 Å². The maximum Gasteiger partial charge on any atom is 0.246 e. The molecule has 0 unspecified atom stereocenters. The Labute approximate surface area is 145 Å². The summed E-state index contributed by atoms with van der Waals surface area (Å²) < 4.78 is 34.4. The van der Waals surface area contributed by atoms with Crippen molar-refractivity contribution in [1.29, 1.82) is 0 Å². The van der Waals surface area contributed by atoms with E-state index in [0.29, 0.717) is 16.8 Å². The van der Waals surface area contributed by atoms with E-state index >= 15 is 0 Å². The molecule has 0 N–H and O–H groups in total. The molecule has 0 saturated carbocycles. The Morgan fingerprint density at radius 1 is 0.920 bits per heavy atom. The second-order valence-corrected chi connectivity index (χ2v) is 5.48. The first-order valence-corrected chi connectivity index (χ1v) is 7.60. The average Bonchev–Trinajstić information content (AvgIpc) is 2.99. The number of hydrogen-bond acceptors (Lipinski definition) is 4. The molecule has 0 radical (unpaired) electrons. The van der Waals surface area contributed by atoms with E-state index in [9.17, 15) is 8.78 Å². The maximum absolute atomic E-state index is 13.7. The smallest absolute Gasteiger partial charge is 0.246 e. The molecule has 0 saturated heterocycles. The largest absolute Gasteiger partial charge is 0.437 e. The maximum atomic E-state index is 13.7. The van der Waals surface area contributed by atoms with Crippen LogP contribution in [0.4, 0.5) is 8.78 Å². The fourth-order valence-corrected chi connectivity index (χ4v) is 2.53. The lowest BCUT2D eigenvalue weighted by Gasteiger charge is -2.11. The zero-order valence-electron chi connectivity index (χ0n) is 12.5. The molecule has 0 fully saturated rings. The van der Waals surface area contributed by atoms with E-state index in [1.54, 1.807) is 30.3 Å². The predicted octanol–water partition coefficient (Wildman–Crippen LogP) is 4.52. The number of rotatable bonds is 3. The molecule has 4 aromatic rings. The molecule has 25 heavy (non-hydrogen) atoms. The standard InChI is InChI=1S/C17H9ClF2N4O/c18-17-22-21-15-6-7-16(23-24(15)17)25-14-9-13(20)12(19)8-11(14)10-4-2-1-3-5-10/h1-9H. The molecule has 2 heterocycles. The Morgan fingerprint density at radius 2 is 1.68 bits per heavy atom. The van der Waals surface area contributed by atoms with Gasteiger partial charge < -0.3 is 4.74 Å². The first kappa shape index (κ1) is 15.5. The SMILES string of the molecule is Fc1cc(Oc2ccc3nnc(Cl)n3n2)c(-c2ccccc2)cc1F. The molecule has 8 heteroatoms. The molecule has 0 aliphatic rings. The average molecular weight is 359 g/mol. The van der Waals surface area contributed by atoms with Crippen LogP contribution in [0.15, 0.2) is 54.6 Å². The molecule has 0 aliphatic carbocycles. The van der Waals surface area contributed by atoms with Crippen molar-refractivity contribution in [3.63, 3.8) is 0 Å². The molecule has 5 nitrogen and oxygen atoms in total. The van der Waals surface area contributed by atoms with Crippen LogP contribution in [0.5, 0.6) is 11.6 Å². The van der Waals surface area contributed by atoms with Crippen molar-refractivity contribution in [1.82, 2.24) is 19.8 Å². The molecule has 0 atom stereocenters. The number of halogens is 3. The van der Waals surface area contributed by atoms with Crippen molar-refractivity contribution < 1.29 is 13.5 Å². The van der Waals surface area contributed by atoms with Gasteiger partial charge in [-0.1, -0.05) is 30.3 Å². The van der Waals surface area contributed by atoms with Gasteiger partial charge in [-0.3, -0.25) is 0 Å². The van der Waals surface area contributed by atoms with E-state index in [0.717, 1.165) is 12.1 Å². The molecule has 4 rings (SSSR count). The van der Waals surface area contributed by atoms with Crippen LogP contribution in [0.1, 0.15) is 0 Å². The van der Waals surface area contributed by atoms with E-state index in [1.807, 2.05) is 6.07 Å². The van der Waals surface area contributed by atoms with Crippen LogP contribution in [0, 0.1) is 11.6 Å². The number of nitrogens with zero attached hydrogens (tertiary/aromatic N) is 4. The molecule has 0 aliphatic heterocycles. The summed E-state index contributed by atoms with van der Waals surface area (Å²) in [7, 11) is 0. The second-order valence-electron chi connectivity index (χ2n) is 5.14. The minimum Gasteiger partial charge on any atom is -0.437 e. The normalized spacial score (nSPS) is 11.0. The third-order valence-corrected chi connectivity index (χ3v) is 3.76. The minimum atomic E-state index is -1.02. The fourth-order valence-electron chi connectivity index (χ4n) is 2.37. The summed E-state index contributed by atoms with van der Waals surface area (Å²) in [6.07, 6.45) is 0. The van der Waals surface area contributed by atoms with Gasteiger partial charge in [0.2, 0.25) is 11.2 Å². The lowest BCUT2D eigenvalue weighted by molar-refractivity contribution is 0.441. The highest BCUT2D eigenvalue weighted by atomic mass is 35.5. The highest BCUT2D eigenvalue weighted by Crippen LogP contribution is 2.34. The molecule has 0 spiro atoms. The van der Waals surface area contributed by atoms with E-state index in [4.69, 9.17) is 16.3 Å². The van der Waals surface area contributed by atoms with Gasteiger partial charge in [0.05, 0.1) is 0 Å². The molecule has 0 amide bonds. The third-order valence-electron chi connectivity index (χ3n) is 3.52. The zero-order valence-corrected chi connectivity index (χ0v) is 13.3. The summed E-state index contributed by atoms with van der Waals surface area (Å²) >= 11 is 5.88. The molecular formula is C17H9ClF2N4O. The Morgan fingerprint density at radius 3 is 2.48 bits per heavy atom. The highest BCUT2D eigenvalue weighted by molar-refractivity contribution is 6.28. The third kappa shape index (κ3) is 2.89. The van der Waals surface area contributed by atoms with Crippen LogP contribution >= 0.6 is 11.6 Å². The Balaban J connectivity index is 1.81.